The summed E-state index contributed by atoms with van der Waals surface area (Å²) in [4.78, 5) is 20.5. The van der Waals surface area contributed by atoms with Crippen LogP contribution in [0.1, 0.15) is 0 Å². The summed E-state index contributed by atoms with van der Waals surface area (Å²) in [5, 5.41) is 8.61. The largest absolute Gasteiger partial charge is 0.455 e. The molecule has 0 aliphatic heterocycles. The van der Waals surface area contributed by atoms with Gasteiger partial charge in [-0.15, -0.1) is 0 Å². The van der Waals surface area contributed by atoms with Crippen LogP contribution in [-0.4, -0.2) is 19.9 Å². The standard InChI is InChI=1S/C52H30N4O2/c1-2-14-31(15-3-1)49-54-50(56-51(55-49)43-25-13-24-41-37-20-8-10-26-44(37)57-48(41)43)33-17-12-16-32(30-33)34-28-29-40(36-19-5-4-18-35(34)36)47-39-22-7-6-21-38(39)46-42-23-9-11-27-45(42)58-52(46)53-47/h1-30H. The second kappa shape index (κ2) is 12.8. The van der Waals surface area contributed by atoms with Crippen molar-refractivity contribution in [1.82, 2.24) is 19.9 Å². The number of rotatable bonds is 5. The van der Waals surface area contributed by atoms with Crippen molar-refractivity contribution in [3.8, 4) is 56.5 Å². The summed E-state index contributed by atoms with van der Waals surface area (Å²) in [7, 11) is 0. The number of hydrogen-bond donors (Lipinski definition) is 0. The molecule has 0 unspecified atom stereocenters. The molecule has 0 saturated heterocycles. The summed E-state index contributed by atoms with van der Waals surface area (Å²) in [5.74, 6) is 1.72. The zero-order valence-electron chi connectivity index (χ0n) is 30.9. The molecular weight excluding hydrogens is 713 g/mol. The van der Waals surface area contributed by atoms with Gasteiger partial charge in [-0.05, 0) is 51.6 Å². The lowest BCUT2D eigenvalue weighted by atomic mass is 9.91. The third-order valence-corrected chi connectivity index (χ3v) is 11.2. The molecule has 0 fully saturated rings. The minimum absolute atomic E-state index is 0.551. The first-order valence-electron chi connectivity index (χ1n) is 19.3. The Labute approximate surface area is 331 Å². The average molecular weight is 743 g/mol. The second-order valence-electron chi connectivity index (χ2n) is 14.5. The van der Waals surface area contributed by atoms with E-state index in [0.717, 1.165) is 98.9 Å². The molecule has 0 bridgehead atoms. The van der Waals surface area contributed by atoms with E-state index in [9.17, 15) is 0 Å². The first-order chi connectivity index (χ1) is 28.7. The molecular formula is C52H30N4O2. The Morgan fingerprint density at radius 3 is 1.67 bits per heavy atom. The second-order valence-corrected chi connectivity index (χ2v) is 14.5. The van der Waals surface area contributed by atoms with Gasteiger partial charge in [0.15, 0.2) is 17.5 Å². The summed E-state index contributed by atoms with van der Waals surface area (Å²) in [6, 6.07) is 62.3. The van der Waals surface area contributed by atoms with Crippen molar-refractivity contribution in [3.63, 3.8) is 0 Å². The molecule has 0 radical (unpaired) electrons. The number of fused-ring (bicyclic) bond motifs is 9. The van der Waals surface area contributed by atoms with Gasteiger partial charge >= 0.3 is 0 Å². The van der Waals surface area contributed by atoms with Crippen LogP contribution in [0.15, 0.2) is 191 Å². The summed E-state index contributed by atoms with van der Waals surface area (Å²) >= 11 is 0. The Morgan fingerprint density at radius 1 is 0.310 bits per heavy atom. The zero-order valence-corrected chi connectivity index (χ0v) is 30.9. The highest BCUT2D eigenvalue weighted by Crippen LogP contribution is 2.42. The molecule has 0 spiro atoms. The van der Waals surface area contributed by atoms with E-state index in [4.69, 9.17) is 28.8 Å². The Balaban J connectivity index is 1.02. The van der Waals surface area contributed by atoms with Crippen LogP contribution in [0.3, 0.4) is 0 Å². The topological polar surface area (TPSA) is 77.8 Å². The van der Waals surface area contributed by atoms with Crippen molar-refractivity contribution in [3.05, 3.63) is 182 Å². The Kier molecular flexibility index (Phi) is 7.13. The monoisotopic (exact) mass is 742 g/mol. The van der Waals surface area contributed by atoms with Crippen molar-refractivity contribution >= 4 is 65.6 Å². The number of benzene rings is 8. The summed E-state index contributed by atoms with van der Waals surface area (Å²) in [6.45, 7) is 0. The van der Waals surface area contributed by atoms with Crippen molar-refractivity contribution in [2.75, 3.05) is 0 Å². The zero-order chi connectivity index (χ0) is 38.2. The fourth-order valence-electron chi connectivity index (χ4n) is 8.49. The SMILES string of the molecule is c1ccc(-c2nc(-c3cccc(-c4ccc(-c5nc6oc7ccccc7c6c6ccccc56)c5ccccc45)c3)nc(-c3cccc4c3oc3ccccc34)n2)cc1. The van der Waals surface area contributed by atoms with Crippen molar-refractivity contribution in [1.29, 1.82) is 0 Å². The molecule has 4 aromatic heterocycles. The van der Waals surface area contributed by atoms with E-state index in [2.05, 4.69) is 103 Å². The van der Waals surface area contributed by atoms with Gasteiger partial charge < -0.3 is 8.83 Å². The minimum Gasteiger partial charge on any atom is -0.455 e. The summed E-state index contributed by atoms with van der Waals surface area (Å²) < 4.78 is 12.8. The molecule has 270 valence electrons. The van der Waals surface area contributed by atoms with Gasteiger partial charge in [-0.3, -0.25) is 0 Å². The number of para-hydroxylation sites is 3. The highest BCUT2D eigenvalue weighted by atomic mass is 16.3. The van der Waals surface area contributed by atoms with Gasteiger partial charge in [-0.1, -0.05) is 158 Å². The smallest absolute Gasteiger partial charge is 0.228 e. The van der Waals surface area contributed by atoms with Crippen molar-refractivity contribution < 1.29 is 8.83 Å². The molecule has 0 aliphatic carbocycles. The Hall–Kier alpha value is -7.96. The number of aromatic nitrogens is 4. The predicted octanol–water partition coefficient (Wildman–Crippen LogP) is 13.7. The Bertz CT molecular complexity index is 3590. The fourth-order valence-corrected chi connectivity index (χ4v) is 8.49. The molecule has 4 heterocycles. The molecule has 0 saturated carbocycles. The third kappa shape index (κ3) is 5.05. The fraction of sp³-hybridized carbons (Fsp3) is 0. The molecule has 0 N–H and O–H groups in total. The van der Waals surface area contributed by atoms with Crippen molar-refractivity contribution in [2.24, 2.45) is 0 Å². The van der Waals surface area contributed by atoms with Crippen LogP contribution in [0.4, 0.5) is 0 Å². The Morgan fingerprint density at radius 2 is 0.862 bits per heavy atom. The first-order valence-corrected chi connectivity index (χ1v) is 19.3. The van der Waals surface area contributed by atoms with Gasteiger partial charge in [0, 0.05) is 38.2 Å². The van der Waals surface area contributed by atoms with Crippen LogP contribution in [-0.2, 0) is 0 Å². The van der Waals surface area contributed by atoms with Gasteiger partial charge in [-0.25, -0.2) is 19.9 Å². The van der Waals surface area contributed by atoms with Crippen LogP contribution in [0.5, 0.6) is 0 Å². The summed E-state index contributed by atoms with van der Waals surface area (Å²) in [5.41, 5.74) is 9.74. The third-order valence-electron chi connectivity index (χ3n) is 11.2. The van der Waals surface area contributed by atoms with E-state index in [1.165, 1.54) is 0 Å². The minimum atomic E-state index is 0.551. The van der Waals surface area contributed by atoms with Crippen LogP contribution in [0.2, 0.25) is 0 Å². The molecule has 8 aromatic carbocycles. The van der Waals surface area contributed by atoms with Gasteiger partial charge in [-0.2, -0.15) is 0 Å². The maximum atomic E-state index is 6.44. The molecule has 6 heteroatoms. The maximum absolute atomic E-state index is 6.44. The van der Waals surface area contributed by atoms with Crippen LogP contribution in [0, 0.1) is 0 Å². The molecule has 58 heavy (non-hydrogen) atoms. The number of furan rings is 2. The van der Waals surface area contributed by atoms with Gasteiger partial charge in [0.05, 0.1) is 16.6 Å². The lowest BCUT2D eigenvalue weighted by molar-refractivity contribution is 0.655. The molecule has 12 rings (SSSR count). The highest BCUT2D eigenvalue weighted by molar-refractivity contribution is 6.21. The van der Waals surface area contributed by atoms with E-state index in [0.29, 0.717) is 23.2 Å². The molecule has 6 nitrogen and oxygen atoms in total. The van der Waals surface area contributed by atoms with E-state index < -0.39 is 0 Å². The van der Waals surface area contributed by atoms with E-state index in [-0.39, 0.29) is 0 Å². The number of nitrogens with zero attached hydrogens (tertiary/aromatic N) is 4. The molecule has 0 aliphatic rings. The van der Waals surface area contributed by atoms with E-state index >= 15 is 0 Å². The molecule has 12 aromatic rings. The predicted molar refractivity (Wildman–Crippen MR) is 234 cm³/mol. The van der Waals surface area contributed by atoms with Gasteiger partial charge in [0.1, 0.15) is 16.7 Å². The van der Waals surface area contributed by atoms with Crippen LogP contribution >= 0.6 is 0 Å². The van der Waals surface area contributed by atoms with Crippen LogP contribution < -0.4 is 0 Å². The van der Waals surface area contributed by atoms with Crippen molar-refractivity contribution in [2.45, 2.75) is 0 Å². The lowest BCUT2D eigenvalue weighted by Crippen LogP contribution is -2.00. The van der Waals surface area contributed by atoms with Crippen LogP contribution in [0.25, 0.3) is 122 Å². The first kappa shape index (κ1) is 32.3. The highest BCUT2D eigenvalue weighted by Gasteiger charge is 2.20. The van der Waals surface area contributed by atoms with Gasteiger partial charge in [0.25, 0.3) is 0 Å². The normalized spacial score (nSPS) is 11.8. The van der Waals surface area contributed by atoms with E-state index in [1.807, 2.05) is 78.9 Å². The number of hydrogen-bond acceptors (Lipinski definition) is 6. The molecule has 0 atom stereocenters. The summed E-state index contributed by atoms with van der Waals surface area (Å²) in [6.07, 6.45) is 0. The average Bonchev–Trinajstić information content (AvgIpc) is 3.87. The molecule has 0 amide bonds. The maximum Gasteiger partial charge on any atom is 0.228 e. The number of pyridine rings is 1. The van der Waals surface area contributed by atoms with Gasteiger partial charge in [0.2, 0.25) is 5.71 Å². The van der Waals surface area contributed by atoms with E-state index in [1.54, 1.807) is 0 Å². The quantitative estimate of drug-likeness (QED) is 0.175. The lowest BCUT2D eigenvalue weighted by Gasteiger charge is -2.14.